The summed E-state index contributed by atoms with van der Waals surface area (Å²) < 4.78 is 57.1. The monoisotopic (exact) mass is 521 g/mol. The smallest absolute Gasteiger partial charge is 0.243 e. The SMILES string of the molecule is O=S(=O)(Cc1ccccc1)c1ncc(CN(C2CC2)S(=O)(=O)c2ccccc2)n1Cc1ccccc1. The molecule has 9 heteroatoms. The fraction of sp³-hybridized carbons (Fsp3) is 0.222. The zero-order valence-corrected chi connectivity index (χ0v) is 21.3. The van der Waals surface area contributed by atoms with Gasteiger partial charge >= 0.3 is 0 Å². The summed E-state index contributed by atoms with van der Waals surface area (Å²) in [6.07, 6.45) is 3.05. The molecule has 1 fully saturated rings. The molecule has 0 spiro atoms. The number of hydrogen-bond acceptors (Lipinski definition) is 5. The molecule has 1 aromatic heterocycles. The van der Waals surface area contributed by atoms with Gasteiger partial charge in [-0.3, -0.25) is 0 Å². The molecular weight excluding hydrogens is 494 g/mol. The van der Waals surface area contributed by atoms with Crippen molar-refractivity contribution < 1.29 is 16.8 Å². The molecule has 0 atom stereocenters. The largest absolute Gasteiger partial charge is 0.313 e. The first-order chi connectivity index (χ1) is 17.3. The number of sulfone groups is 1. The average molecular weight is 522 g/mol. The lowest BCUT2D eigenvalue weighted by Crippen LogP contribution is -2.33. The van der Waals surface area contributed by atoms with Crippen molar-refractivity contribution in [2.24, 2.45) is 0 Å². The zero-order valence-electron chi connectivity index (χ0n) is 19.6. The van der Waals surface area contributed by atoms with E-state index in [0.717, 1.165) is 18.4 Å². The van der Waals surface area contributed by atoms with Crippen molar-refractivity contribution in [3.8, 4) is 0 Å². The molecule has 0 aliphatic heterocycles. The second kappa shape index (κ2) is 10.0. The van der Waals surface area contributed by atoms with E-state index in [-0.39, 0.29) is 34.9 Å². The highest BCUT2D eigenvalue weighted by Crippen LogP contribution is 2.34. The molecule has 0 unspecified atom stereocenters. The minimum absolute atomic E-state index is 0.0442. The highest BCUT2D eigenvalue weighted by Gasteiger charge is 2.39. The van der Waals surface area contributed by atoms with Crippen LogP contribution in [0.2, 0.25) is 0 Å². The van der Waals surface area contributed by atoms with Gasteiger partial charge in [0.25, 0.3) is 0 Å². The summed E-state index contributed by atoms with van der Waals surface area (Å²) in [5.74, 6) is -0.187. The van der Waals surface area contributed by atoms with Crippen LogP contribution in [0.25, 0.3) is 0 Å². The highest BCUT2D eigenvalue weighted by atomic mass is 32.2. The van der Waals surface area contributed by atoms with E-state index in [1.165, 1.54) is 10.5 Å². The maximum Gasteiger partial charge on any atom is 0.243 e. The Labute approximate surface area is 212 Å². The van der Waals surface area contributed by atoms with Crippen molar-refractivity contribution in [1.82, 2.24) is 13.9 Å². The molecule has 1 aliphatic carbocycles. The van der Waals surface area contributed by atoms with Crippen LogP contribution in [0.4, 0.5) is 0 Å². The minimum Gasteiger partial charge on any atom is -0.313 e. The van der Waals surface area contributed by atoms with Crippen LogP contribution >= 0.6 is 0 Å². The first-order valence-electron chi connectivity index (χ1n) is 11.8. The quantitative estimate of drug-likeness (QED) is 0.311. The van der Waals surface area contributed by atoms with Crippen LogP contribution in [-0.4, -0.2) is 36.7 Å². The van der Waals surface area contributed by atoms with Crippen molar-refractivity contribution >= 4 is 19.9 Å². The predicted octanol–water partition coefficient (Wildman–Crippen LogP) is 4.26. The molecule has 4 aromatic rings. The summed E-state index contributed by atoms with van der Waals surface area (Å²) in [5.41, 5.74) is 2.10. The molecule has 1 saturated carbocycles. The Hall–Kier alpha value is -3.27. The van der Waals surface area contributed by atoms with E-state index < -0.39 is 19.9 Å². The number of sulfonamides is 1. The van der Waals surface area contributed by atoms with E-state index >= 15 is 0 Å². The molecule has 186 valence electrons. The van der Waals surface area contributed by atoms with Crippen molar-refractivity contribution in [3.05, 3.63) is 114 Å². The summed E-state index contributed by atoms with van der Waals surface area (Å²) in [6, 6.07) is 26.7. The van der Waals surface area contributed by atoms with Gasteiger partial charge in [-0.2, -0.15) is 4.31 Å². The lowest BCUT2D eigenvalue weighted by atomic mass is 10.2. The molecule has 0 saturated heterocycles. The van der Waals surface area contributed by atoms with Gasteiger partial charge in [0.2, 0.25) is 25.0 Å². The summed E-state index contributed by atoms with van der Waals surface area (Å²) in [4.78, 5) is 4.55. The molecular formula is C27H27N3O4S2. The number of benzene rings is 3. The maximum atomic E-state index is 13.5. The predicted molar refractivity (Wildman–Crippen MR) is 137 cm³/mol. The Kier molecular flexibility index (Phi) is 6.79. The fourth-order valence-corrected chi connectivity index (χ4v) is 7.39. The third-order valence-electron chi connectivity index (χ3n) is 6.18. The third kappa shape index (κ3) is 5.28. The van der Waals surface area contributed by atoms with Crippen LogP contribution in [0.15, 0.2) is 107 Å². The van der Waals surface area contributed by atoms with Gasteiger partial charge in [-0.15, -0.1) is 0 Å². The van der Waals surface area contributed by atoms with Crippen LogP contribution in [0.5, 0.6) is 0 Å². The highest BCUT2D eigenvalue weighted by molar-refractivity contribution is 7.90. The van der Waals surface area contributed by atoms with Crippen molar-refractivity contribution in [2.75, 3.05) is 0 Å². The molecule has 0 radical (unpaired) electrons. The number of rotatable bonds is 10. The van der Waals surface area contributed by atoms with Crippen LogP contribution in [0, 0.1) is 0 Å². The third-order valence-corrected chi connectivity index (χ3v) is 9.69. The van der Waals surface area contributed by atoms with Gasteiger partial charge in [-0.1, -0.05) is 78.9 Å². The molecule has 1 heterocycles. The topological polar surface area (TPSA) is 89.3 Å². The van der Waals surface area contributed by atoms with Crippen LogP contribution in [0.3, 0.4) is 0 Å². The van der Waals surface area contributed by atoms with Crippen molar-refractivity contribution in [1.29, 1.82) is 0 Å². The van der Waals surface area contributed by atoms with E-state index in [2.05, 4.69) is 4.98 Å². The number of aromatic nitrogens is 2. The minimum atomic E-state index is -3.79. The number of hydrogen-bond donors (Lipinski definition) is 0. The summed E-state index contributed by atoms with van der Waals surface area (Å²) in [6.45, 7) is 0.312. The summed E-state index contributed by atoms with van der Waals surface area (Å²) in [5, 5.41) is -0.0573. The zero-order chi connectivity index (χ0) is 25.2. The molecule has 5 rings (SSSR count). The van der Waals surface area contributed by atoms with Gasteiger partial charge in [0.15, 0.2) is 0 Å². The Morgan fingerprint density at radius 2 is 1.33 bits per heavy atom. The Morgan fingerprint density at radius 1 is 0.778 bits per heavy atom. The molecule has 3 aromatic carbocycles. The lowest BCUT2D eigenvalue weighted by molar-refractivity contribution is 0.386. The fourth-order valence-electron chi connectivity index (χ4n) is 4.22. The van der Waals surface area contributed by atoms with Crippen LogP contribution in [-0.2, 0) is 38.7 Å². The molecule has 0 bridgehead atoms. The second-order valence-corrected chi connectivity index (χ2v) is 12.7. The van der Waals surface area contributed by atoms with Gasteiger partial charge in [-0.25, -0.2) is 21.8 Å². The molecule has 36 heavy (non-hydrogen) atoms. The maximum absolute atomic E-state index is 13.5. The molecule has 1 aliphatic rings. The Balaban J connectivity index is 1.54. The summed E-state index contributed by atoms with van der Waals surface area (Å²) in [7, 11) is -7.55. The average Bonchev–Trinajstić information content (AvgIpc) is 3.64. The Bertz CT molecular complexity index is 1530. The van der Waals surface area contributed by atoms with Gasteiger partial charge in [0.05, 0.1) is 35.6 Å². The van der Waals surface area contributed by atoms with Crippen molar-refractivity contribution in [2.45, 2.75) is 47.8 Å². The normalized spacial score (nSPS) is 14.2. The molecule has 0 amide bonds. The standard InChI is InChI=1S/C27H27N3O4S2/c31-35(32,21-23-12-6-2-7-13-23)27-28-18-25(29(27)19-22-10-4-1-5-11-22)20-30(24-16-17-24)36(33,34)26-14-8-3-9-15-26/h1-15,18,24H,16-17,19-21H2. The second-order valence-electron chi connectivity index (χ2n) is 8.94. The number of imidazole rings is 1. The Morgan fingerprint density at radius 3 is 1.92 bits per heavy atom. The number of nitrogens with zero attached hydrogens (tertiary/aromatic N) is 3. The summed E-state index contributed by atoms with van der Waals surface area (Å²) >= 11 is 0. The van der Waals surface area contributed by atoms with Gasteiger partial charge in [-0.05, 0) is 36.1 Å². The van der Waals surface area contributed by atoms with Crippen molar-refractivity contribution in [3.63, 3.8) is 0 Å². The van der Waals surface area contributed by atoms with E-state index in [1.54, 1.807) is 59.2 Å². The van der Waals surface area contributed by atoms with Gasteiger partial charge < -0.3 is 4.57 Å². The van der Waals surface area contributed by atoms with Crippen LogP contribution in [0.1, 0.15) is 29.7 Å². The molecule has 7 nitrogen and oxygen atoms in total. The molecule has 0 N–H and O–H groups in total. The van der Waals surface area contributed by atoms with Gasteiger partial charge in [0.1, 0.15) is 0 Å². The van der Waals surface area contributed by atoms with E-state index in [1.807, 2.05) is 36.4 Å². The lowest BCUT2D eigenvalue weighted by Gasteiger charge is -2.23. The van der Waals surface area contributed by atoms with E-state index in [4.69, 9.17) is 0 Å². The van der Waals surface area contributed by atoms with Gasteiger partial charge in [0, 0.05) is 6.04 Å². The first-order valence-corrected chi connectivity index (χ1v) is 14.9. The van der Waals surface area contributed by atoms with E-state index in [0.29, 0.717) is 11.3 Å². The van der Waals surface area contributed by atoms with Crippen LogP contribution < -0.4 is 0 Å². The first kappa shape index (κ1) is 24.4. The van der Waals surface area contributed by atoms with E-state index in [9.17, 15) is 16.8 Å².